The van der Waals surface area contributed by atoms with E-state index in [9.17, 15) is 4.79 Å². The third-order valence-corrected chi connectivity index (χ3v) is 5.69. The smallest absolute Gasteiger partial charge is 0.336 e. The molecule has 2 heterocycles. The van der Waals surface area contributed by atoms with Crippen LogP contribution in [0.1, 0.15) is 18.1 Å². The minimum absolute atomic E-state index is 0.373. The van der Waals surface area contributed by atoms with Crippen LogP contribution in [-0.2, 0) is 12.2 Å². The van der Waals surface area contributed by atoms with E-state index in [0.717, 1.165) is 28.5 Å². The summed E-state index contributed by atoms with van der Waals surface area (Å²) in [5, 5.41) is 10.0. The van der Waals surface area contributed by atoms with Crippen LogP contribution < -0.4 is 10.4 Å². The maximum absolute atomic E-state index is 12.0. The van der Waals surface area contributed by atoms with Crippen molar-refractivity contribution in [2.45, 2.75) is 24.3 Å². The molecule has 0 amide bonds. The van der Waals surface area contributed by atoms with E-state index in [-0.39, 0.29) is 0 Å². The molecule has 0 atom stereocenters. The van der Waals surface area contributed by atoms with Gasteiger partial charge in [-0.05, 0) is 41.8 Å². The molecule has 148 valence electrons. The molecule has 6 nitrogen and oxygen atoms in total. The molecule has 0 unspecified atom stereocenters. The second-order valence-corrected chi connectivity index (χ2v) is 7.58. The van der Waals surface area contributed by atoms with Gasteiger partial charge in [0.15, 0.2) is 0 Å². The molecule has 29 heavy (non-hydrogen) atoms. The first-order chi connectivity index (χ1) is 14.1. The van der Waals surface area contributed by atoms with E-state index in [1.54, 1.807) is 7.11 Å². The highest BCUT2D eigenvalue weighted by Crippen LogP contribution is 2.33. The largest absolute Gasteiger partial charge is 0.496 e. The van der Waals surface area contributed by atoms with Gasteiger partial charge in [-0.15, -0.1) is 10.2 Å². The zero-order chi connectivity index (χ0) is 20.4. The van der Waals surface area contributed by atoms with Crippen molar-refractivity contribution < 1.29 is 13.6 Å². The first-order valence-electron chi connectivity index (χ1n) is 8.94. The van der Waals surface area contributed by atoms with Crippen LogP contribution in [0.2, 0.25) is 5.02 Å². The predicted octanol–water partition coefficient (Wildman–Crippen LogP) is 5.36. The third kappa shape index (κ3) is 4.02. The number of aromatic nitrogens is 2. The number of halogens is 1. The fraction of sp³-hybridized carbons (Fsp3) is 0.190. The summed E-state index contributed by atoms with van der Waals surface area (Å²) in [5.41, 5.74) is 2.57. The Balaban J connectivity index is 1.61. The van der Waals surface area contributed by atoms with Gasteiger partial charge < -0.3 is 13.6 Å². The molecule has 0 N–H and O–H groups in total. The number of fused-ring (bicyclic) bond motifs is 1. The molecular formula is C21H17ClN2O4S. The van der Waals surface area contributed by atoms with E-state index in [1.165, 1.54) is 17.8 Å². The highest BCUT2D eigenvalue weighted by molar-refractivity contribution is 7.98. The molecule has 0 fully saturated rings. The molecule has 2 aromatic carbocycles. The highest BCUT2D eigenvalue weighted by Gasteiger charge is 2.15. The molecule has 0 aliphatic carbocycles. The van der Waals surface area contributed by atoms with E-state index in [0.29, 0.717) is 33.2 Å². The Morgan fingerprint density at radius 2 is 1.93 bits per heavy atom. The Kier molecular flexibility index (Phi) is 5.60. The summed E-state index contributed by atoms with van der Waals surface area (Å²) in [5.74, 6) is 1.48. The van der Waals surface area contributed by atoms with Crippen molar-refractivity contribution >= 4 is 34.3 Å². The predicted molar refractivity (Wildman–Crippen MR) is 113 cm³/mol. The number of thioether (sulfide) groups is 1. The molecule has 0 spiro atoms. The number of rotatable bonds is 6. The summed E-state index contributed by atoms with van der Waals surface area (Å²) in [6.07, 6.45) is 0.755. The standard InChI is InChI=1S/C21H17ClN2O4S/c1-3-12-8-18-15(10-16(12)22)13(9-19(25)27-18)11-29-21-24-23-20(28-21)14-6-4-5-7-17(14)26-2/h4-10H,3,11H2,1-2H3. The van der Waals surface area contributed by atoms with Crippen molar-refractivity contribution in [1.82, 2.24) is 10.2 Å². The lowest BCUT2D eigenvalue weighted by Gasteiger charge is -2.07. The second-order valence-electron chi connectivity index (χ2n) is 6.25. The second kappa shape index (κ2) is 8.31. The summed E-state index contributed by atoms with van der Waals surface area (Å²) >= 11 is 7.69. The van der Waals surface area contributed by atoms with Crippen molar-refractivity contribution in [3.8, 4) is 17.2 Å². The Hall–Kier alpha value is -2.77. The molecule has 0 bridgehead atoms. The van der Waals surface area contributed by atoms with Crippen molar-refractivity contribution in [3.05, 3.63) is 69.0 Å². The van der Waals surface area contributed by atoms with Crippen molar-refractivity contribution in [2.75, 3.05) is 7.11 Å². The maximum Gasteiger partial charge on any atom is 0.336 e. The lowest BCUT2D eigenvalue weighted by Crippen LogP contribution is -2.00. The SMILES string of the molecule is CCc1cc2oc(=O)cc(CSc3nnc(-c4ccccc4OC)o3)c2cc1Cl. The molecule has 0 aliphatic rings. The number of methoxy groups -OCH3 is 1. The summed E-state index contributed by atoms with van der Waals surface area (Å²) in [4.78, 5) is 12.0. The van der Waals surface area contributed by atoms with Gasteiger partial charge in [-0.1, -0.05) is 42.4 Å². The molecule has 2 aromatic heterocycles. The Morgan fingerprint density at radius 3 is 2.72 bits per heavy atom. The number of hydrogen-bond acceptors (Lipinski definition) is 7. The van der Waals surface area contributed by atoms with Gasteiger partial charge >= 0.3 is 5.63 Å². The van der Waals surface area contributed by atoms with Crippen LogP contribution in [0, 0.1) is 0 Å². The van der Waals surface area contributed by atoms with E-state index in [1.807, 2.05) is 43.3 Å². The fourth-order valence-electron chi connectivity index (χ4n) is 3.02. The first-order valence-corrected chi connectivity index (χ1v) is 10.3. The summed E-state index contributed by atoms with van der Waals surface area (Å²) in [6.45, 7) is 2.00. The Bertz CT molecular complexity index is 1240. The summed E-state index contributed by atoms with van der Waals surface area (Å²) in [7, 11) is 1.59. The van der Waals surface area contributed by atoms with Gasteiger partial charge in [0.2, 0.25) is 0 Å². The van der Waals surface area contributed by atoms with Gasteiger partial charge in [0, 0.05) is 22.2 Å². The maximum atomic E-state index is 12.0. The Morgan fingerprint density at radius 1 is 1.10 bits per heavy atom. The summed E-state index contributed by atoms with van der Waals surface area (Å²) in [6, 6.07) is 12.5. The normalized spacial score (nSPS) is 11.1. The van der Waals surface area contributed by atoms with Crippen LogP contribution >= 0.6 is 23.4 Å². The third-order valence-electron chi connectivity index (χ3n) is 4.47. The van der Waals surface area contributed by atoms with Crippen LogP contribution in [0.5, 0.6) is 5.75 Å². The van der Waals surface area contributed by atoms with Crippen LogP contribution in [0.4, 0.5) is 0 Å². The molecule has 0 aliphatic heterocycles. The molecule has 0 saturated heterocycles. The number of benzene rings is 2. The molecule has 4 rings (SSSR count). The minimum atomic E-state index is -0.405. The van der Waals surface area contributed by atoms with Crippen molar-refractivity contribution in [3.63, 3.8) is 0 Å². The highest BCUT2D eigenvalue weighted by atomic mass is 35.5. The molecule has 0 radical (unpaired) electrons. The number of aryl methyl sites for hydroxylation is 1. The van der Waals surface area contributed by atoms with Gasteiger partial charge in [-0.3, -0.25) is 0 Å². The van der Waals surface area contributed by atoms with Gasteiger partial charge in [0.05, 0.1) is 12.7 Å². The number of nitrogens with zero attached hydrogens (tertiary/aromatic N) is 2. The number of para-hydroxylation sites is 1. The number of hydrogen-bond donors (Lipinski definition) is 0. The van der Waals surface area contributed by atoms with Crippen LogP contribution in [0.25, 0.3) is 22.4 Å². The lowest BCUT2D eigenvalue weighted by molar-refractivity contribution is 0.411. The quantitative estimate of drug-likeness (QED) is 0.302. The fourth-order valence-corrected chi connectivity index (χ4v) is 4.07. The van der Waals surface area contributed by atoms with E-state index < -0.39 is 5.63 Å². The minimum Gasteiger partial charge on any atom is -0.496 e. The monoisotopic (exact) mass is 428 g/mol. The average Bonchev–Trinajstić information content (AvgIpc) is 3.20. The van der Waals surface area contributed by atoms with Gasteiger partial charge in [-0.2, -0.15) is 0 Å². The molecule has 0 saturated carbocycles. The molecule has 4 aromatic rings. The van der Waals surface area contributed by atoms with Gasteiger partial charge in [-0.25, -0.2) is 4.79 Å². The average molecular weight is 429 g/mol. The zero-order valence-corrected chi connectivity index (χ0v) is 17.3. The van der Waals surface area contributed by atoms with Gasteiger partial charge in [0.1, 0.15) is 11.3 Å². The van der Waals surface area contributed by atoms with Crippen molar-refractivity contribution in [2.24, 2.45) is 0 Å². The Labute approximate surface area is 175 Å². The van der Waals surface area contributed by atoms with Crippen LogP contribution in [-0.4, -0.2) is 17.3 Å². The van der Waals surface area contributed by atoms with Gasteiger partial charge in [0.25, 0.3) is 11.1 Å². The first kappa shape index (κ1) is 19.5. The lowest BCUT2D eigenvalue weighted by atomic mass is 10.1. The van der Waals surface area contributed by atoms with Crippen LogP contribution in [0.15, 0.2) is 61.3 Å². The van der Waals surface area contributed by atoms with Crippen LogP contribution in [0.3, 0.4) is 0 Å². The van der Waals surface area contributed by atoms with E-state index in [4.69, 9.17) is 25.2 Å². The van der Waals surface area contributed by atoms with E-state index in [2.05, 4.69) is 10.2 Å². The van der Waals surface area contributed by atoms with E-state index >= 15 is 0 Å². The topological polar surface area (TPSA) is 78.4 Å². The summed E-state index contributed by atoms with van der Waals surface area (Å²) < 4.78 is 16.5. The zero-order valence-electron chi connectivity index (χ0n) is 15.8. The number of ether oxygens (including phenoxy) is 1. The molecule has 8 heteroatoms. The van der Waals surface area contributed by atoms with Crippen molar-refractivity contribution in [1.29, 1.82) is 0 Å². The molecular weight excluding hydrogens is 412 g/mol.